The van der Waals surface area contributed by atoms with Crippen LogP contribution in [0.4, 0.5) is 0 Å². The highest BCUT2D eigenvalue weighted by Crippen LogP contribution is 2.14. The standard InChI is InChI=1S/C22H41NO3/c1-4-7-8-9-10-11-12-13-14-15-16-17-18-20(22(25)26)19-21(24)23(5-2)6-3/h16-17,20H,4-15,18-19H2,1-3H3,(H,25,26)/b17-16+. The van der Waals surface area contributed by atoms with Crippen molar-refractivity contribution >= 4 is 11.9 Å². The van der Waals surface area contributed by atoms with Gasteiger partial charge < -0.3 is 10.0 Å². The molecule has 4 heteroatoms. The molecule has 0 rings (SSSR count). The molecule has 26 heavy (non-hydrogen) atoms. The normalized spacial score (nSPS) is 12.4. The van der Waals surface area contributed by atoms with Crippen molar-refractivity contribution in [2.45, 2.75) is 97.8 Å². The van der Waals surface area contributed by atoms with Crippen LogP contribution in [0.1, 0.15) is 97.8 Å². The van der Waals surface area contributed by atoms with E-state index >= 15 is 0 Å². The lowest BCUT2D eigenvalue weighted by molar-refractivity contribution is -0.145. The van der Waals surface area contributed by atoms with Crippen LogP contribution in [0.15, 0.2) is 12.2 Å². The Kier molecular flexibility index (Phi) is 16.2. The fraction of sp³-hybridized carbons (Fsp3) is 0.818. The molecule has 0 saturated heterocycles. The summed E-state index contributed by atoms with van der Waals surface area (Å²) < 4.78 is 0. The average Bonchev–Trinajstić information content (AvgIpc) is 2.62. The van der Waals surface area contributed by atoms with E-state index in [0.29, 0.717) is 19.5 Å². The Bertz CT molecular complexity index is 389. The van der Waals surface area contributed by atoms with Crippen LogP contribution in [0.5, 0.6) is 0 Å². The van der Waals surface area contributed by atoms with Gasteiger partial charge in [-0.2, -0.15) is 0 Å². The Hall–Kier alpha value is -1.32. The predicted molar refractivity (Wildman–Crippen MR) is 109 cm³/mol. The van der Waals surface area contributed by atoms with Crippen LogP contribution in [0, 0.1) is 5.92 Å². The van der Waals surface area contributed by atoms with Gasteiger partial charge in [-0.15, -0.1) is 0 Å². The Morgan fingerprint density at radius 3 is 1.88 bits per heavy atom. The number of unbranched alkanes of at least 4 members (excludes halogenated alkanes) is 9. The van der Waals surface area contributed by atoms with E-state index in [-0.39, 0.29) is 12.3 Å². The number of hydrogen-bond acceptors (Lipinski definition) is 2. The fourth-order valence-corrected chi connectivity index (χ4v) is 3.14. The van der Waals surface area contributed by atoms with Crippen LogP contribution in [0.3, 0.4) is 0 Å². The number of hydrogen-bond donors (Lipinski definition) is 1. The van der Waals surface area contributed by atoms with Crippen molar-refractivity contribution in [2.24, 2.45) is 5.92 Å². The first-order valence-corrected chi connectivity index (χ1v) is 10.7. The van der Waals surface area contributed by atoms with Crippen LogP contribution < -0.4 is 0 Å². The van der Waals surface area contributed by atoms with Crippen LogP contribution in [0.2, 0.25) is 0 Å². The van der Waals surface area contributed by atoms with E-state index in [1.807, 2.05) is 19.9 Å². The molecule has 0 saturated carbocycles. The molecule has 0 aromatic rings. The molecule has 1 amide bonds. The maximum absolute atomic E-state index is 12.1. The minimum absolute atomic E-state index is 0.0604. The maximum Gasteiger partial charge on any atom is 0.307 e. The number of carboxylic acids is 1. The summed E-state index contributed by atoms with van der Waals surface area (Å²) in [5.41, 5.74) is 0. The number of carboxylic acid groups (broad SMARTS) is 1. The topological polar surface area (TPSA) is 57.6 Å². The van der Waals surface area contributed by atoms with Gasteiger partial charge >= 0.3 is 5.97 Å². The van der Waals surface area contributed by atoms with Crippen molar-refractivity contribution in [3.63, 3.8) is 0 Å². The van der Waals surface area contributed by atoms with Crippen LogP contribution in [-0.2, 0) is 9.59 Å². The molecular formula is C22H41NO3. The summed E-state index contributed by atoms with van der Waals surface area (Å²) in [5.74, 6) is -1.55. The number of nitrogens with zero attached hydrogens (tertiary/aromatic N) is 1. The van der Waals surface area contributed by atoms with E-state index in [1.165, 1.54) is 57.8 Å². The van der Waals surface area contributed by atoms with Crippen LogP contribution >= 0.6 is 0 Å². The molecule has 0 aromatic carbocycles. The molecule has 1 unspecified atom stereocenters. The third-order valence-corrected chi connectivity index (χ3v) is 4.95. The lowest BCUT2D eigenvalue weighted by Gasteiger charge is -2.20. The molecule has 0 radical (unpaired) electrons. The monoisotopic (exact) mass is 367 g/mol. The lowest BCUT2D eigenvalue weighted by atomic mass is 10.00. The van der Waals surface area contributed by atoms with Crippen molar-refractivity contribution in [3.8, 4) is 0 Å². The summed E-state index contributed by atoms with van der Waals surface area (Å²) in [6, 6.07) is 0. The zero-order valence-corrected chi connectivity index (χ0v) is 17.3. The molecule has 1 N–H and O–H groups in total. The predicted octanol–water partition coefficient (Wildman–Crippen LogP) is 5.81. The molecule has 0 fully saturated rings. The van der Waals surface area contributed by atoms with Crippen LogP contribution in [-0.4, -0.2) is 35.0 Å². The number of amides is 1. The van der Waals surface area contributed by atoms with Gasteiger partial charge in [-0.3, -0.25) is 9.59 Å². The lowest BCUT2D eigenvalue weighted by Crippen LogP contribution is -2.33. The van der Waals surface area contributed by atoms with E-state index in [1.54, 1.807) is 4.90 Å². The van der Waals surface area contributed by atoms with E-state index in [2.05, 4.69) is 13.0 Å². The first-order valence-electron chi connectivity index (χ1n) is 10.7. The van der Waals surface area contributed by atoms with Gasteiger partial charge in [0.1, 0.15) is 0 Å². The Balaban J connectivity index is 3.84. The first kappa shape index (κ1) is 24.7. The van der Waals surface area contributed by atoms with Crippen molar-refractivity contribution in [1.82, 2.24) is 4.90 Å². The molecular weight excluding hydrogens is 326 g/mol. The second-order valence-corrected chi connectivity index (χ2v) is 7.13. The molecule has 0 aromatic heterocycles. The molecule has 0 spiro atoms. The van der Waals surface area contributed by atoms with Gasteiger partial charge in [-0.25, -0.2) is 0 Å². The smallest absolute Gasteiger partial charge is 0.307 e. The minimum Gasteiger partial charge on any atom is -0.481 e. The molecule has 1 atom stereocenters. The molecule has 4 nitrogen and oxygen atoms in total. The highest BCUT2D eigenvalue weighted by atomic mass is 16.4. The van der Waals surface area contributed by atoms with Gasteiger partial charge in [0, 0.05) is 19.5 Å². The molecule has 0 heterocycles. The quantitative estimate of drug-likeness (QED) is 0.260. The van der Waals surface area contributed by atoms with Crippen molar-refractivity contribution in [2.75, 3.05) is 13.1 Å². The van der Waals surface area contributed by atoms with Crippen molar-refractivity contribution in [3.05, 3.63) is 12.2 Å². The number of rotatable bonds is 17. The summed E-state index contributed by atoms with van der Waals surface area (Å²) in [6.45, 7) is 7.35. The van der Waals surface area contributed by atoms with Crippen molar-refractivity contribution in [1.29, 1.82) is 0 Å². The zero-order chi connectivity index (χ0) is 19.6. The maximum atomic E-state index is 12.1. The third kappa shape index (κ3) is 13.0. The van der Waals surface area contributed by atoms with Crippen molar-refractivity contribution < 1.29 is 14.7 Å². The molecule has 0 aliphatic carbocycles. The van der Waals surface area contributed by atoms with Gasteiger partial charge in [-0.05, 0) is 33.1 Å². The molecule has 0 bridgehead atoms. The number of allylic oxidation sites excluding steroid dienone is 2. The van der Waals surface area contributed by atoms with Gasteiger partial charge in [0.2, 0.25) is 5.91 Å². The number of carbonyl (C=O) groups is 2. The summed E-state index contributed by atoms with van der Waals surface area (Å²) in [7, 11) is 0. The van der Waals surface area contributed by atoms with E-state index < -0.39 is 11.9 Å². The summed E-state index contributed by atoms with van der Waals surface area (Å²) in [4.78, 5) is 25.1. The SMILES string of the molecule is CCCCCCCCCCC/C=C/CC(CC(=O)N(CC)CC)C(=O)O. The Labute approximate surface area is 161 Å². The van der Waals surface area contributed by atoms with Gasteiger partial charge in [0.05, 0.1) is 5.92 Å². The largest absolute Gasteiger partial charge is 0.481 e. The summed E-state index contributed by atoms with van der Waals surface area (Å²) in [6.07, 6.45) is 17.4. The highest BCUT2D eigenvalue weighted by molar-refractivity contribution is 5.82. The second-order valence-electron chi connectivity index (χ2n) is 7.13. The number of aliphatic carboxylic acids is 1. The first-order chi connectivity index (χ1) is 12.6. The van der Waals surface area contributed by atoms with E-state index in [0.717, 1.165) is 6.42 Å². The van der Waals surface area contributed by atoms with E-state index in [9.17, 15) is 14.7 Å². The highest BCUT2D eigenvalue weighted by Gasteiger charge is 2.22. The Morgan fingerprint density at radius 2 is 1.38 bits per heavy atom. The Morgan fingerprint density at radius 1 is 0.846 bits per heavy atom. The minimum atomic E-state index is -0.877. The van der Waals surface area contributed by atoms with E-state index in [4.69, 9.17) is 0 Å². The molecule has 152 valence electrons. The van der Waals surface area contributed by atoms with Gasteiger partial charge in [-0.1, -0.05) is 70.4 Å². The van der Waals surface area contributed by atoms with Crippen LogP contribution in [0.25, 0.3) is 0 Å². The molecule has 0 aliphatic heterocycles. The third-order valence-electron chi connectivity index (χ3n) is 4.95. The summed E-state index contributed by atoms with van der Waals surface area (Å²) in [5, 5.41) is 9.32. The second kappa shape index (κ2) is 17.1. The van der Waals surface area contributed by atoms with Gasteiger partial charge in [0.25, 0.3) is 0 Å². The summed E-state index contributed by atoms with van der Waals surface area (Å²) >= 11 is 0. The number of carbonyl (C=O) groups excluding carboxylic acids is 1. The van der Waals surface area contributed by atoms with Gasteiger partial charge in [0.15, 0.2) is 0 Å². The zero-order valence-electron chi connectivity index (χ0n) is 17.3. The fourth-order valence-electron chi connectivity index (χ4n) is 3.14. The average molecular weight is 368 g/mol. The molecule has 0 aliphatic rings.